The zero-order valence-electron chi connectivity index (χ0n) is 13.3. The minimum Gasteiger partial charge on any atom is -0.366 e. The van der Waals surface area contributed by atoms with E-state index in [1.54, 1.807) is 31.3 Å². The lowest BCUT2D eigenvalue weighted by Gasteiger charge is -2.18. The van der Waals surface area contributed by atoms with Crippen molar-refractivity contribution in [2.75, 3.05) is 12.4 Å². The number of nitrogens with two attached hydrogens (primary N) is 1. The minimum atomic E-state index is -4.42. The normalized spacial score (nSPS) is 11.0. The second-order valence-electron chi connectivity index (χ2n) is 5.42. The van der Waals surface area contributed by atoms with E-state index in [1.165, 1.54) is 17.0 Å². The molecule has 0 radical (unpaired) electrons. The third-order valence-corrected chi connectivity index (χ3v) is 3.47. The summed E-state index contributed by atoms with van der Waals surface area (Å²) in [5, 5.41) is 2.52. The van der Waals surface area contributed by atoms with Gasteiger partial charge in [-0.15, -0.1) is 0 Å². The fraction of sp³-hybridized carbons (Fsp3) is 0.176. The first-order valence-corrected chi connectivity index (χ1v) is 7.25. The van der Waals surface area contributed by atoms with Gasteiger partial charge in [-0.2, -0.15) is 13.2 Å². The van der Waals surface area contributed by atoms with E-state index in [9.17, 15) is 22.8 Å². The number of primary amides is 1. The standard InChI is InChI=1S/C17H16F3N3O2/c1-23(10-11-2-4-12(5-3-11)15(21)24)16(25)22-14-8-6-13(7-9-14)17(18,19)20/h2-9H,10H2,1H3,(H2,21,24)(H,22,25). The van der Waals surface area contributed by atoms with Crippen LogP contribution in [-0.4, -0.2) is 23.9 Å². The summed E-state index contributed by atoms with van der Waals surface area (Å²) in [6.45, 7) is 0.255. The van der Waals surface area contributed by atoms with E-state index >= 15 is 0 Å². The van der Waals surface area contributed by atoms with Crippen LogP contribution in [0.2, 0.25) is 0 Å². The monoisotopic (exact) mass is 351 g/mol. The number of carbonyl (C=O) groups excluding carboxylic acids is 2. The van der Waals surface area contributed by atoms with Crippen molar-refractivity contribution in [3.05, 3.63) is 65.2 Å². The van der Waals surface area contributed by atoms with E-state index in [2.05, 4.69) is 5.32 Å². The van der Waals surface area contributed by atoms with Crippen molar-refractivity contribution in [2.45, 2.75) is 12.7 Å². The van der Waals surface area contributed by atoms with Gasteiger partial charge in [0.2, 0.25) is 5.91 Å². The molecule has 0 saturated heterocycles. The average Bonchev–Trinajstić information content (AvgIpc) is 2.55. The van der Waals surface area contributed by atoms with Crippen molar-refractivity contribution in [2.24, 2.45) is 5.73 Å². The fourth-order valence-corrected chi connectivity index (χ4v) is 2.08. The van der Waals surface area contributed by atoms with Gasteiger partial charge in [0.05, 0.1) is 5.56 Å². The molecule has 25 heavy (non-hydrogen) atoms. The van der Waals surface area contributed by atoms with Crippen LogP contribution in [0.4, 0.5) is 23.7 Å². The van der Waals surface area contributed by atoms with Crippen molar-refractivity contribution >= 4 is 17.6 Å². The van der Waals surface area contributed by atoms with Crippen LogP contribution < -0.4 is 11.1 Å². The van der Waals surface area contributed by atoms with E-state index in [1.807, 2.05) is 0 Å². The Bertz CT molecular complexity index is 756. The molecule has 132 valence electrons. The molecule has 3 amide bonds. The smallest absolute Gasteiger partial charge is 0.366 e. The number of hydrogen-bond acceptors (Lipinski definition) is 2. The summed E-state index contributed by atoms with van der Waals surface area (Å²) in [6.07, 6.45) is -4.42. The molecule has 3 N–H and O–H groups in total. The van der Waals surface area contributed by atoms with Crippen LogP contribution in [0.25, 0.3) is 0 Å². The van der Waals surface area contributed by atoms with Crippen LogP contribution >= 0.6 is 0 Å². The number of carbonyl (C=O) groups is 2. The number of hydrogen-bond donors (Lipinski definition) is 2. The molecule has 0 saturated carbocycles. The molecule has 0 atom stereocenters. The average molecular weight is 351 g/mol. The van der Waals surface area contributed by atoms with E-state index in [4.69, 9.17) is 5.73 Å². The molecule has 0 unspecified atom stereocenters. The lowest BCUT2D eigenvalue weighted by atomic mass is 10.1. The van der Waals surface area contributed by atoms with E-state index < -0.39 is 23.7 Å². The fourth-order valence-electron chi connectivity index (χ4n) is 2.08. The van der Waals surface area contributed by atoms with Gasteiger partial charge >= 0.3 is 12.2 Å². The lowest BCUT2D eigenvalue weighted by molar-refractivity contribution is -0.137. The Labute approximate surface area is 142 Å². The summed E-state index contributed by atoms with van der Waals surface area (Å²) >= 11 is 0. The van der Waals surface area contributed by atoms with Gasteiger partial charge in [0.25, 0.3) is 0 Å². The second-order valence-corrected chi connectivity index (χ2v) is 5.42. The number of nitrogens with one attached hydrogen (secondary N) is 1. The Morgan fingerprint density at radius 2 is 1.60 bits per heavy atom. The van der Waals surface area contributed by atoms with E-state index in [0.717, 1.165) is 17.7 Å². The van der Waals surface area contributed by atoms with Gasteiger partial charge in [0, 0.05) is 24.8 Å². The zero-order chi connectivity index (χ0) is 18.6. The van der Waals surface area contributed by atoms with Gasteiger partial charge in [0.1, 0.15) is 0 Å². The summed E-state index contributed by atoms with van der Waals surface area (Å²) in [7, 11) is 1.54. The van der Waals surface area contributed by atoms with Crippen molar-refractivity contribution in [1.29, 1.82) is 0 Å². The number of urea groups is 1. The Balaban J connectivity index is 1.97. The second kappa shape index (κ2) is 7.25. The Morgan fingerprint density at radius 3 is 2.08 bits per heavy atom. The Hall–Kier alpha value is -3.03. The highest BCUT2D eigenvalue weighted by Gasteiger charge is 2.30. The largest absolute Gasteiger partial charge is 0.416 e. The van der Waals surface area contributed by atoms with Crippen molar-refractivity contribution in [1.82, 2.24) is 4.90 Å². The molecular formula is C17H16F3N3O2. The van der Waals surface area contributed by atoms with Gasteiger partial charge in [-0.1, -0.05) is 12.1 Å². The maximum absolute atomic E-state index is 12.5. The van der Waals surface area contributed by atoms with Crippen LogP contribution in [0.1, 0.15) is 21.5 Å². The molecular weight excluding hydrogens is 335 g/mol. The molecule has 2 rings (SSSR count). The number of halogens is 3. The predicted molar refractivity (Wildman–Crippen MR) is 86.9 cm³/mol. The maximum Gasteiger partial charge on any atom is 0.416 e. The van der Waals surface area contributed by atoms with Crippen LogP contribution in [0, 0.1) is 0 Å². The number of nitrogens with zero attached hydrogens (tertiary/aromatic N) is 1. The number of benzene rings is 2. The first-order valence-electron chi connectivity index (χ1n) is 7.25. The molecule has 2 aromatic rings. The molecule has 8 heteroatoms. The molecule has 0 aliphatic carbocycles. The van der Waals surface area contributed by atoms with E-state index in [-0.39, 0.29) is 12.2 Å². The molecule has 2 aromatic carbocycles. The third-order valence-electron chi connectivity index (χ3n) is 3.47. The number of alkyl halides is 3. The lowest BCUT2D eigenvalue weighted by Crippen LogP contribution is -2.30. The maximum atomic E-state index is 12.5. The van der Waals surface area contributed by atoms with Crippen molar-refractivity contribution in [3.63, 3.8) is 0 Å². The summed E-state index contributed by atoms with van der Waals surface area (Å²) in [5.41, 5.74) is 5.76. The Morgan fingerprint density at radius 1 is 1.04 bits per heavy atom. The van der Waals surface area contributed by atoms with Gasteiger partial charge in [-0.05, 0) is 42.0 Å². The molecule has 0 spiro atoms. The molecule has 0 bridgehead atoms. The first-order chi connectivity index (χ1) is 11.7. The van der Waals surface area contributed by atoms with Gasteiger partial charge in [0.15, 0.2) is 0 Å². The summed E-state index contributed by atoms with van der Waals surface area (Å²) in [6, 6.07) is 10.2. The highest BCUT2D eigenvalue weighted by Crippen LogP contribution is 2.29. The number of anilines is 1. The highest BCUT2D eigenvalue weighted by molar-refractivity contribution is 5.92. The molecule has 0 fully saturated rings. The molecule has 0 heterocycles. The van der Waals surface area contributed by atoms with Crippen LogP contribution in [0.3, 0.4) is 0 Å². The third kappa shape index (κ3) is 4.97. The predicted octanol–water partition coefficient (Wildman–Crippen LogP) is 3.47. The quantitative estimate of drug-likeness (QED) is 0.885. The molecule has 0 aliphatic heterocycles. The summed E-state index contributed by atoms with van der Waals surface area (Å²) < 4.78 is 37.5. The topological polar surface area (TPSA) is 75.4 Å². The minimum absolute atomic E-state index is 0.255. The SMILES string of the molecule is CN(Cc1ccc(C(N)=O)cc1)C(=O)Nc1ccc(C(F)(F)F)cc1. The van der Waals surface area contributed by atoms with Crippen LogP contribution in [-0.2, 0) is 12.7 Å². The highest BCUT2D eigenvalue weighted by atomic mass is 19.4. The van der Waals surface area contributed by atoms with Crippen molar-refractivity contribution < 1.29 is 22.8 Å². The Kier molecular flexibility index (Phi) is 5.31. The summed E-state index contributed by atoms with van der Waals surface area (Å²) in [4.78, 5) is 24.5. The van der Waals surface area contributed by atoms with Crippen molar-refractivity contribution in [3.8, 4) is 0 Å². The summed E-state index contributed by atoms with van der Waals surface area (Å²) in [5.74, 6) is -0.542. The first kappa shape index (κ1) is 18.3. The number of amides is 3. The molecule has 5 nitrogen and oxygen atoms in total. The number of rotatable bonds is 4. The molecule has 0 aliphatic rings. The van der Waals surface area contributed by atoms with Gasteiger partial charge in [-0.3, -0.25) is 4.79 Å². The molecule has 0 aromatic heterocycles. The van der Waals surface area contributed by atoms with E-state index in [0.29, 0.717) is 5.56 Å². The zero-order valence-corrected chi connectivity index (χ0v) is 13.3. The van der Waals surface area contributed by atoms with Gasteiger partial charge in [-0.25, -0.2) is 4.79 Å². The van der Waals surface area contributed by atoms with Crippen LogP contribution in [0.5, 0.6) is 0 Å². The van der Waals surface area contributed by atoms with Crippen LogP contribution in [0.15, 0.2) is 48.5 Å². The van der Waals surface area contributed by atoms with Gasteiger partial charge < -0.3 is 16.0 Å².